The van der Waals surface area contributed by atoms with Gasteiger partial charge in [0.05, 0.1) is 23.7 Å². The summed E-state index contributed by atoms with van der Waals surface area (Å²) in [6, 6.07) is 12.8. The molecule has 4 rings (SSSR count). The molecule has 0 bridgehead atoms. The highest BCUT2D eigenvalue weighted by Crippen LogP contribution is 2.39. The Labute approximate surface area is 179 Å². The van der Waals surface area contributed by atoms with E-state index in [0.29, 0.717) is 21.8 Å². The van der Waals surface area contributed by atoms with Gasteiger partial charge >= 0.3 is 5.97 Å². The first-order chi connectivity index (χ1) is 14.0. The zero-order valence-corrected chi connectivity index (χ0v) is 18.0. The maximum absolute atomic E-state index is 11.7. The van der Waals surface area contributed by atoms with Gasteiger partial charge in [-0.1, -0.05) is 28.1 Å². The molecule has 0 atom stereocenters. The Kier molecular flexibility index (Phi) is 5.21. The highest BCUT2D eigenvalue weighted by Gasteiger charge is 2.17. The molecule has 0 saturated heterocycles. The predicted molar refractivity (Wildman–Crippen MR) is 119 cm³/mol. The maximum Gasteiger partial charge on any atom is 0.337 e. The summed E-state index contributed by atoms with van der Waals surface area (Å²) in [5.41, 5.74) is 2.60. The van der Waals surface area contributed by atoms with Crippen molar-refractivity contribution in [3.63, 3.8) is 0 Å². The number of anilines is 2. The Hall–Kier alpha value is -2.97. The Morgan fingerprint density at radius 3 is 2.62 bits per heavy atom. The van der Waals surface area contributed by atoms with E-state index < -0.39 is 5.97 Å². The van der Waals surface area contributed by atoms with Gasteiger partial charge in [0.25, 0.3) is 0 Å². The van der Waals surface area contributed by atoms with Gasteiger partial charge in [0.2, 0.25) is 0 Å². The van der Waals surface area contributed by atoms with Crippen LogP contribution in [0.4, 0.5) is 11.5 Å². The van der Waals surface area contributed by atoms with Gasteiger partial charge in [0, 0.05) is 15.4 Å². The number of aryl methyl sites for hydroxylation is 1. The summed E-state index contributed by atoms with van der Waals surface area (Å²) in [6.07, 6.45) is 0. The number of rotatable bonds is 5. The van der Waals surface area contributed by atoms with Gasteiger partial charge in [-0.05, 0) is 42.8 Å². The van der Waals surface area contributed by atoms with E-state index in [0.717, 1.165) is 27.1 Å². The largest absolute Gasteiger partial charge is 0.497 e. The molecule has 0 fully saturated rings. The molecule has 0 aliphatic rings. The van der Waals surface area contributed by atoms with E-state index in [2.05, 4.69) is 31.2 Å². The molecule has 0 aliphatic carbocycles. The van der Waals surface area contributed by atoms with E-state index in [1.807, 2.05) is 36.6 Å². The third-order valence-corrected chi connectivity index (χ3v) is 5.78. The minimum Gasteiger partial charge on any atom is -0.497 e. The minimum atomic E-state index is -1.02. The molecule has 0 saturated carbocycles. The van der Waals surface area contributed by atoms with Crippen molar-refractivity contribution in [2.45, 2.75) is 6.92 Å². The molecular formula is C21H16BrN3O3S. The molecule has 0 radical (unpaired) electrons. The van der Waals surface area contributed by atoms with Crippen LogP contribution in [0.5, 0.6) is 5.75 Å². The van der Waals surface area contributed by atoms with Crippen LogP contribution in [-0.4, -0.2) is 28.2 Å². The third-order valence-electron chi connectivity index (χ3n) is 4.41. The molecule has 8 heteroatoms. The number of fused-ring (bicyclic) bond motifs is 1. The fraction of sp³-hybridized carbons (Fsp3) is 0.0952. The van der Waals surface area contributed by atoms with Crippen molar-refractivity contribution in [1.29, 1.82) is 0 Å². The molecule has 0 spiro atoms. The molecular weight excluding hydrogens is 454 g/mol. The first-order valence-electron chi connectivity index (χ1n) is 8.66. The fourth-order valence-corrected chi connectivity index (χ4v) is 4.41. The highest BCUT2D eigenvalue weighted by atomic mass is 79.9. The molecule has 6 nitrogen and oxygen atoms in total. The first kappa shape index (κ1) is 19.4. The van der Waals surface area contributed by atoms with Crippen LogP contribution in [0, 0.1) is 6.92 Å². The molecule has 29 heavy (non-hydrogen) atoms. The number of halogens is 1. The summed E-state index contributed by atoms with van der Waals surface area (Å²) in [5, 5.41) is 15.7. The number of benzene rings is 2. The van der Waals surface area contributed by atoms with Crippen molar-refractivity contribution in [3.8, 4) is 16.9 Å². The Morgan fingerprint density at radius 1 is 1.17 bits per heavy atom. The number of carbonyl (C=O) groups is 1. The van der Waals surface area contributed by atoms with Gasteiger partial charge < -0.3 is 15.2 Å². The summed E-state index contributed by atoms with van der Waals surface area (Å²) in [4.78, 5) is 21.6. The number of nitrogens with zero attached hydrogens (tertiary/aromatic N) is 2. The number of ether oxygens (including phenoxy) is 1. The molecule has 2 aromatic carbocycles. The van der Waals surface area contributed by atoms with Crippen molar-refractivity contribution in [1.82, 2.24) is 9.97 Å². The van der Waals surface area contributed by atoms with Crippen molar-refractivity contribution >= 4 is 55.0 Å². The van der Waals surface area contributed by atoms with Gasteiger partial charge in [-0.15, -0.1) is 11.3 Å². The highest BCUT2D eigenvalue weighted by molar-refractivity contribution is 9.10. The Balaban J connectivity index is 1.86. The molecule has 2 N–H and O–H groups in total. The van der Waals surface area contributed by atoms with Gasteiger partial charge in [0.1, 0.15) is 22.2 Å². The number of hydrogen-bond acceptors (Lipinski definition) is 6. The fourth-order valence-electron chi connectivity index (χ4n) is 3.05. The van der Waals surface area contributed by atoms with Crippen LogP contribution >= 0.6 is 27.3 Å². The lowest BCUT2D eigenvalue weighted by Gasteiger charge is -2.12. The van der Waals surface area contributed by atoms with E-state index in [1.54, 1.807) is 25.3 Å². The lowest BCUT2D eigenvalue weighted by atomic mass is 10.1. The molecule has 4 aromatic rings. The topological polar surface area (TPSA) is 84.3 Å². The van der Waals surface area contributed by atoms with Crippen LogP contribution in [0.3, 0.4) is 0 Å². The summed E-state index contributed by atoms with van der Waals surface area (Å²) in [7, 11) is 1.63. The second-order valence-corrected chi connectivity index (χ2v) is 8.07. The van der Waals surface area contributed by atoms with Crippen LogP contribution in [0.1, 0.15) is 16.2 Å². The van der Waals surface area contributed by atoms with Crippen molar-refractivity contribution < 1.29 is 14.6 Å². The van der Waals surface area contributed by atoms with Crippen LogP contribution in [-0.2, 0) is 0 Å². The zero-order chi connectivity index (χ0) is 20.5. The average molecular weight is 470 g/mol. The number of carboxylic acid groups (broad SMARTS) is 1. The number of aromatic nitrogens is 2. The normalized spacial score (nSPS) is 10.9. The standard InChI is InChI=1S/C21H16BrN3O3S/c1-11-23-19(25-17-8-5-13(22)9-15(17)21(26)27)18-16(10-29-20(18)24-11)12-3-6-14(28-2)7-4-12/h3-10H,1-2H3,(H,26,27)(H,23,24,25). The van der Waals surface area contributed by atoms with E-state index in [9.17, 15) is 9.90 Å². The second-order valence-electron chi connectivity index (χ2n) is 6.30. The summed E-state index contributed by atoms with van der Waals surface area (Å²) >= 11 is 4.85. The van der Waals surface area contributed by atoms with Gasteiger partial charge in [-0.2, -0.15) is 0 Å². The lowest BCUT2D eigenvalue weighted by molar-refractivity contribution is 0.0698. The van der Waals surface area contributed by atoms with E-state index in [4.69, 9.17) is 4.74 Å². The van der Waals surface area contributed by atoms with Crippen LogP contribution < -0.4 is 10.1 Å². The number of methoxy groups -OCH3 is 1. The number of thiophene rings is 1. The summed E-state index contributed by atoms with van der Waals surface area (Å²) < 4.78 is 5.94. The smallest absolute Gasteiger partial charge is 0.337 e. The van der Waals surface area contributed by atoms with Crippen molar-refractivity contribution in [2.75, 3.05) is 12.4 Å². The summed E-state index contributed by atoms with van der Waals surface area (Å²) in [6.45, 7) is 1.82. The third kappa shape index (κ3) is 3.81. The number of hydrogen-bond donors (Lipinski definition) is 2. The number of carboxylic acids is 1. The lowest BCUT2D eigenvalue weighted by Crippen LogP contribution is -2.05. The Bertz CT molecular complexity index is 1220. The molecule has 0 amide bonds. The molecule has 2 aromatic heterocycles. The molecule has 146 valence electrons. The van der Waals surface area contributed by atoms with E-state index in [-0.39, 0.29) is 5.56 Å². The Morgan fingerprint density at radius 2 is 1.93 bits per heavy atom. The maximum atomic E-state index is 11.7. The predicted octanol–water partition coefficient (Wildman–Crippen LogP) is 5.88. The van der Waals surface area contributed by atoms with Gasteiger partial charge in [-0.3, -0.25) is 0 Å². The van der Waals surface area contributed by atoms with Crippen LogP contribution in [0.2, 0.25) is 0 Å². The minimum absolute atomic E-state index is 0.157. The SMILES string of the molecule is COc1ccc(-c2csc3nc(C)nc(Nc4ccc(Br)cc4C(=O)O)c23)cc1. The van der Waals surface area contributed by atoms with Crippen molar-refractivity contribution in [3.05, 3.63) is 63.7 Å². The zero-order valence-electron chi connectivity index (χ0n) is 15.6. The molecule has 2 heterocycles. The second kappa shape index (κ2) is 7.81. The summed E-state index contributed by atoms with van der Waals surface area (Å²) in [5.74, 6) is 0.942. The quantitative estimate of drug-likeness (QED) is 0.379. The van der Waals surface area contributed by atoms with E-state index in [1.165, 1.54) is 11.3 Å². The number of aromatic carboxylic acids is 1. The van der Waals surface area contributed by atoms with Crippen molar-refractivity contribution in [2.24, 2.45) is 0 Å². The average Bonchev–Trinajstić information content (AvgIpc) is 3.13. The van der Waals surface area contributed by atoms with Crippen LogP contribution in [0.15, 0.2) is 52.3 Å². The monoisotopic (exact) mass is 469 g/mol. The van der Waals surface area contributed by atoms with Gasteiger partial charge in [0.15, 0.2) is 0 Å². The first-order valence-corrected chi connectivity index (χ1v) is 10.3. The van der Waals surface area contributed by atoms with Crippen LogP contribution in [0.25, 0.3) is 21.3 Å². The number of nitrogens with one attached hydrogen (secondary N) is 1. The molecule has 0 unspecified atom stereocenters. The van der Waals surface area contributed by atoms with Gasteiger partial charge in [-0.25, -0.2) is 14.8 Å². The molecule has 0 aliphatic heterocycles. The van der Waals surface area contributed by atoms with E-state index >= 15 is 0 Å².